The van der Waals surface area contributed by atoms with Crippen LogP contribution in [0.3, 0.4) is 0 Å². The smallest absolute Gasteiger partial charge is 0.337 e. The zero-order chi connectivity index (χ0) is 23.2. The summed E-state index contributed by atoms with van der Waals surface area (Å²) >= 11 is 0. The molecule has 7 nitrogen and oxygen atoms in total. The van der Waals surface area contributed by atoms with E-state index in [2.05, 4.69) is 5.32 Å². The van der Waals surface area contributed by atoms with Gasteiger partial charge in [0.05, 0.1) is 18.4 Å². The zero-order valence-corrected chi connectivity index (χ0v) is 17.9. The number of carbonyl (C=O) groups is 3. The number of ether oxygens (including phenoxy) is 3. The monoisotopic (exact) mass is 443 g/mol. The molecular formula is C26H21NO6. The van der Waals surface area contributed by atoms with Crippen molar-refractivity contribution in [3.05, 3.63) is 95.1 Å². The van der Waals surface area contributed by atoms with E-state index >= 15 is 0 Å². The summed E-state index contributed by atoms with van der Waals surface area (Å²) in [7, 11) is 1.34. The Morgan fingerprint density at radius 3 is 2.58 bits per heavy atom. The maximum absolute atomic E-state index is 12.7. The van der Waals surface area contributed by atoms with Crippen molar-refractivity contribution in [1.82, 2.24) is 0 Å². The number of esters is 1. The van der Waals surface area contributed by atoms with Crippen LogP contribution in [0, 0.1) is 0 Å². The maximum atomic E-state index is 12.7. The summed E-state index contributed by atoms with van der Waals surface area (Å²) < 4.78 is 16.0. The van der Waals surface area contributed by atoms with E-state index in [4.69, 9.17) is 14.2 Å². The van der Waals surface area contributed by atoms with E-state index in [0.717, 1.165) is 11.1 Å². The molecule has 33 heavy (non-hydrogen) atoms. The minimum Gasteiger partial charge on any atom is -0.488 e. The van der Waals surface area contributed by atoms with Gasteiger partial charge in [0.1, 0.15) is 18.1 Å². The van der Waals surface area contributed by atoms with E-state index in [9.17, 15) is 14.4 Å². The first-order valence-corrected chi connectivity index (χ1v) is 10.2. The normalized spacial score (nSPS) is 12.5. The first-order valence-electron chi connectivity index (χ1n) is 10.2. The third-order valence-electron chi connectivity index (χ3n) is 5.00. The topological polar surface area (TPSA) is 90.9 Å². The minimum atomic E-state index is -0.392. The number of hydrogen-bond donors (Lipinski definition) is 1. The molecule has 0 unspecified atom stereocenters. The fraction of sp³-hybridized carbons (Fsp3) is 0.115. The summed E-state index contributed by atoms with van der Waals surface area (Å²) in [5, 5.41) is 2.70. The molecule has 0 aliphatic carbocycles. The number of allylic oxidation sites excluding steroid dienone is 1. The molecule has 1 heterocycles. The predicted molar refractivity (Wildman–Crippen MR) is 122 cm³/mol. The number of benzene rings is 3. The van der Waals surface area contributed by atoms with Crippen LogP contribution < -0.4 is 14.8 Å². The van der Waals surface area contributed by atoms with Crippen molar-refractivity contribution in [2.75, 3.05) is 19.0 Å². The van der Waals surface area contributed by atoms with Crippen LogP contribution >= 0.6 is 0 Å². The van der Waals surface area contributed by atoms with Crippen molar-refractivity contribution in [2.24, 2.45) is 0 Å². The Balaban J connectivity index is 1.44. The van der Waals surface area contributed by atoms with Crippen LogP contribution in [-0.4, -0.2) is 31.4 Å². The van der Waals surface area contributed by atoms with E-state index in [1.807, 2.05) is 24.3 Å². The Labute approximate surface area is 190 Å². The Morgan fingerprint density at radius 1 is 1.03 bits per heavy atom. The number of anilines is 1. The molecule has 0 saturated heterocycles. The molecule has 1 N–H and O–H groups in total. The molecule has 3 aromatic carbocycles. The highest BCUT2D eigenvalue weighted by Gasteiger charge is 2.17. The van der Waals surface area contributed by atoms with Gasteiger partial charge in [-0.05, 0) is 54.1 Å². The Morgan fingerprint density at radius 2 is 1.79 bits per heavy atom. The summed E-state index contributed by atoms with van der Waals surface area (Å²) in [6.07, 6.45) is 3.15. The molecule has 0 bridgehead atoms. The van der Waals surface area contributed by atoms with Crippen molar-refractivity contribution in [1.29, 1.82) is 0 Å². The van der Waals surface area contributed by atoms with Gasteiger partial charge in [-0.2, -0.15) is 0 Å². The molecule has 0 fully saturated rings. The molecular weight excluding hydrogens is 422 g/mol. The number of methoxy groups -OCH3 is 1. The van der Waals surface area contributed by atoms with Gasteiger partial charge in [-0.3, -0.25) is 9.59 Å². The fourth-order valence-corrected chi connectivity index (χ4v) is 3.26. The maximum Gasteiger partial charge on any atom is 0.337 e. The largest absolute Gasteiger partial charge is 0.488 e. The van der Waals surface area contributed by atoms with E-state index in [0.29, 0.717) is 34.9 Å². The Kier molecular flexibility index (Phi) is 6.50. The second-order valence-electron chi connectivity index (χ2n) is 7.26. The van der Waals surface area contributed by atoms with Crippen LogP contribution in [0.2, 0.25) is 0 Å². The van der Waals surface area contributed by atoms with Gasteiger partial charge in [0.15, 0.2) is 12.4 Å². The number of amides is 1. The van der Waals surface area contributed by atoms with Crippen LogP contribution in [0.4, 0.5) is 5.69 Å². The van der Waals surface area contributed by atoms with Gasteiger partial charge < -0.3 is 19.5 Å². The zero-order valence-electron chi connectivity index (χ0n) is 17.9. The van der Waals surface area contributed by atoms with Gasteiger partial charge >= 0.3 is 5.97 Å². The van der Waals surface area contributed by atoms with E-state index < -0.39 is 5.97 Å². The highest BCUT2D eigenvalue weighted by molar-refractivity contribution is 6.08. The summed E-state index contributed by atoms with van der Waals surface area (Å²) in [4.78, 5) is 35.7. The standard InChI is InChI=1S/C26H21NO6/c1-31-26(30)19-8-6-17(7-9-19)15-32-23-5-3-2-4-18(23)10-12-22(28)20-11-13-24-21(14-20)27-25(29)16-33-24/h2-14H,15-16H2,1H3,(H,27,29)/b12-10+. The van der Waals surface area contributed by atoms with Crippen LogP contribution in [0.15, 0.2) is 72.8 Å². The molecule has 3 aromatic rings. The predicted octanol–water partition coefficient (Wildman–Crippen LogP) is 4.28. The van der Waals surface area contributed by atoms with Gasteiger partial charge in [0.25, 0.3) is 5.91 Å². The number of nitrogens with one attached hydrogen (secondary N) is 1. The molecule has 166 valence electrons. The third kappa shape index (κ3) is 5.27. The summed E-state index contributed by atoms with van der Waals surface area (Å²) in [5.41, 5.74) is 3.01. The number of para-hydroxylation sites is 1. The van der Waals surface area contributed by atoms with Crippen LogP contribution in [0.1, 0.15) is 31.8 Å². The number of fused-ring (bicyclic) bond motifs is 1. The van der Waals surface area contributed by atoms with E-state index in [1.54, 1.807) is 48.5 Å². The Bertz CT molecular complexity index is 1230. The van der Waals surface area contributed by atoms with Gasteiger partial charge in [-0.15, -0.1) is 0 Å². The molecule has 0 aromatic heterocycles. The SMILES string of the molecule is COC(=O)c1ccc(COc2ccccc2/C=C/C(=O)c2ccc3c(c2)NC(=O)CO3)cc1. The third-order valence-corrected chi connectivity index (χ3v) is 5.00. The van der Waals surface area contributed by atoms with Crippen LogP contribution in [0.5, 0.6) is 11.5 Å². The van der Waals surface area contributed by atoms with Gasteiger partial charge in [-0.25, -0.2) is 4.79 Å². The van der Waals surface area contributed by atoms with Crippen molar-refractivity contribution < 1.29 is 28.6 Å². The van der Waals surface area contributed by atoms with E-state index in [-0.39, 0.29) is 18.3 Å². The molecule has 0 radical (unpaired) electrons. The summed E-state index contributed by atoms with van der Waals surface area (Å²) in [6.45, 7) is 0.261. The molecule has 0 spiro atoms. The van der Waals surface area contributed by atoms with Crippen LogP contribution in [-0.2, 0) is 16.1 Å². The first kappa shape index (κ1) is 21.8. The molecule has 0 saturated carbocycles. The van der Waals surface area contributed by atoms with Crippen LogP contribution in [0.25, 0.3) is 6.08 Å². The van der Waals surface area contributed by atoms with Crippen molar-refractivity contribution in [3.63, 3.8) is 0 Å². The minimum absolute atomic E-state index is 0.0353. The first-order chi connectivity index (χ1) is 16.0. The van der Waals surface area contributed by atoms with Crippen molar-refractivity contribution >= 4 is 29.4 Å². The van der Waals surface area contributed by atoms with Crippen molar-refractivity contribution in [3.8, 4) is 11.5 Å². The second kappa shape index (κ2) is 9.82. The number of ketones is 1. The lowest BCUT2D eigenvalue weighted by Crippen LogP contribution is -2.25. The summed E-state index contributed by atoms with van der Waals surface area (Å²) in [6, 6.07) is 19.2. The number of hydrogen-bond acceptors (Lipinski definition) is 6. The van der Waals surface area contributed by atoms with Crippen molar-refractivity contribution in [2.45, 2.75) is 6.61 Å². The molecule has 1 aliphatic rings. The average molecular weight is 443 g/mol. The summed E-state index contributed by atoms with van der Waals surface area (Å²) in [5.74, 6) is 0.286. The Hall–Kier alpha value is -4.39. The molecule has 7 heteroatoms. The van der Waals surface area contributed by atoms with Gasteiger partial charge in [0, 0.05) is 11.1 Å². The molecule has 1 aliphatic heterocycles. The number of rotatable bonds is 7. The lowest BCUT2D eigenvalue weighted by atomic mass is 10.1. The van der Waals surface area contributed by atoms with E-state index in [1.165, 1.54) is 13.2 Å². The lowest BCUT2D eigenvalue weighted by Gasteiger charge is -2.18. The highest BCUT2D eigenvalue weighted by atomic mass is 16.5. The number of carbonyl (C=O) groups excluding carboxylic acids is 3. The second-order valence-corrected chi connectivity index (χ2v) is 7.26. The molecule has 0 atom stereocenters. The molecule has 1 amide bonds. The quantitative estimate of drug-likeness (QED) is 0.333. The van der Waals surface area contributed by atoms with Gasteiger partial charge in [-0.1, -0.05) is 30.3 Å². The lowest BCUT2D eigenvalue weighted by molar-refractivity contribution is -0.118. The average Bonchev–Trinajstić information content (AvgIpc) is 2.85. The fourth-order valence-electron chi connectivity index (χ4n) is 3.26. The highest BCUT2D eigenvalue weighted by Crippen LogP contribution is 2.29. The molecule has 4 rings (SSSR count). The van der Waals surface area contributed by atoms with Gasteiger partial charge in [0.2, 0.25) is 0 Å².